The molecule has 0 rings (SSSR count). The molecular formula is C16H34N2. The van der Waals surface area contributed by atoms with Gasteiger partial charge in [-0.1, -0.05) is 12.2 Å². The van der Waals surface area contributed by atoms with E-state index in [-0.39, 0.29) is 0 Å². The van der Waals surface area contributed by atoms with Gasteiger partial charge < -0.3 is 0 Å². The van der Waals surface area contributed by atoms with Crippen molar-refractivity contribution < 1.29 is 0 Å². The summed E-state index contributed by atoms with van der Waals surface area (Å²) in [6, 6.07) is 2.45. The second-order valence-corrected chi connectivity index (χ2v) is 6.24. The summed E-state index contributed by atoms with van der Waals surface area (Å²) in [6.45, 7) is 20.2. The van der Waals surface area contributed by atoms with Crippen LogP contribution >= 0.6 is 0 Å². The van der Waals surface area contributed by atoms with Crippen molar-refractivity contribution >= 4 is 0 Å². The zero-order valence-corrected chi connectivity index (χ0v) is 13.8. The van der Waals surface area contributed by atoms with Gasteiger partial charge in [0.05, 0.1) is 0 Å². The monoisotopic (exact) mass is 254 g/mol. The molecule has 2 heteroatoms. The average Bonchev–Trinajstić information content (AvgIpc) is 2.20. The molecule has 0 unspecified atom stereocenters. The van der Waals surface area contributed by atoms with Crippen LogP contribution in [0.15, 0.2) is 12.2 Å². The number of hydrogen-bond acceptors (Lipinski definition) is 2. The molecule has 0 spiro atoms. The van der Waals surface area contributed by atoms with E-state index in [4.69, 9.17) is 0 Å². The van der Waals surface area contributed by atoms with E-state index >= 15 is 0 Å². The lowest BCUT2D eigenvalue weighted by atomic mass is 10.2. The van der Waals surface area contributed by atoms with Gasteiger partial charge in [0.2, 0.25) is 0 Å². The van der Waals surface area contributed by atoms with Crippen LogP contribution in [-0.4, -0.2) is 47.1 Å². The van der Waals surface area contributed by atoms with Crippen molar-refractivity contribution in [2.24, 2.45) is 0 Å². The molecule has 0 aliphatic carbocycles. The highest BCUT2D eigenvalue weighted by Gasteiger charge is 2.12. The van der Waals surface area contributed by atoms with Gasteiger partial charge in [-0.2, -0.15) is 0 Å². The summed E-state index contributed by atoms with van der Waals surface area (Å²) < 4.78 is 0. The van der Waals surface area contributed by atoms with Crippen molar-refractivity contribution in [1.29, 1.82) is 0 Å². The molecule has 108 valence electrons. The molecule has 0 aromatic heterocycles. The van der Waals surface area contributed by atoms with Gasteiger partial charge in [-0.05, 0) is 55.4 Å². The van der Waals surface area contributed by atoms with Gasteiger partial charge in [0.1, 0.15) is 0 Å². The lowest BCUT2D eigenvalue weighted by molar-refractivity contribution is 0.190. The standard InChI is InChI=1S/C16H34N2/c1-13(2)17(14(3)4)11-9-10-12-18(15(5)6)16(7)8/h9-10,13-16H,11-12H2,1-8H3/b10-9+. The normalized spacial score (nSPS) is 13.4. The molecule has 0 bridgehead atoms. The molecule has 0 saturated heterocycles. The minimum absolute atomic E-state index is 0.612. The van der Waals surface area contributed by atoms with Crippen molar-refractivity contribution in [2.75, 3.05) is 13.1 Å². The van der Waals surface area contributed by atoms with E-state index in [1.807, 2.05) is 0 Å². The minimum Gasteiger partial charge on any atom is -0.295 e. The lowest BCUT2D eigenvalue weighted by Gasteiger charge is -2.30. The summed E-state index contributed by atoms with van der Waals surface area (Å²) in [5, 5.41) is 0. The molecule has 0 amide bonds. The highest BCUT2D eigenvalue weighted by molar-refractivity contribution is 4.90. The second kappa shape index (κ2) is 8.71. The van der Waals surface area contributed by atoms with Gasteiger partial charge in [0.25, 0.3) is 0 Å². The SMILES string of the molecule is CC(C)N(C/C=C/CN(C(C)C)C(C)C)C(C)C. The first-order chi connectivity index (χ1) is 8.27. The minimum atomic E-state index is 0.612. The zero-order valence-electron chi connectivity index (χ0n) is 13.8. The third kappa shape index (κ3) is 6.55. The van der Waals surface area contributed by atoms with E-state index in [2.05, 4.69) is 77.3 Å². The highest BCUT2D eigenvalue weighted by atomic mass is 15.2. The van der Waals surface area contributed by atoms with Crippen molar-refractivity contribution in [3.8, 4) is 0 Å². The predicted molar refractivity (Wildman–Crippen MR) is 83.1 cm³/mol. The summed E-state index contributed by atoms with van der Waals surface area (Å²) in [5.41, 5.74) is 0. The quantitative estimate of drug-likeness (QED) is 0.608. The van der Waals surface area contributed by atoms with Gasteiger partial charge in [-0.3, -0.25) is 9.80 Å². The number of rotatable bonds is 8. The maximum absolute atomic E-state index is 2.51. The Bertz CT molecular complexity index is 189. The fourth-order valence-electron chi connectivity index (χ4n) is 2.43. The topological polar surface area (TPSA) is 6.48 Å². The number of hydrogen-bond donors (Lipinski definition) is 0. The first-order valence-electron chi connectivity index (χ1n) is 7.43. The Labute approximate surface area is 115 Å². The van der Waals surface area contributed by atoms with Crippen LogP contribution in [0.2, 0.25) is 0 Å². The van der Waals surface area contributed by atoms with Crippen molar-refractivity contribution in [2.45, 2.75) is 79.6 Å². The zero-order chi connectivity index (χ0) is 14.3. The van der Waals surface area contributed by atoms with Gasteiger partial charge in [0.15, 0.2) is 0 Å². The van der Waals surface area contributed by atoms with Crippen LogP contribution in [0.3, 0.4) is 0 Å². The smallest absolute Gasteiger partial charge is 0.0169 e. The molecule has 0 saturated carbocycles. The fourth-order valence-corrected chi connectivity index (χ4v) is 2.43. The van der Waals surface area contributed by atoms with Crippen molar-refractivity contribution in [1.82, 2.24) is 9.80 Å². The maximum atomic E-state index is 2.51. The van der Waals surface area contributed by atoms with Gasteiger partial charge in [0, 0.05) is 37.3 Å². The maximum Gasteiger partial charge on any atom is 0.0169 e. The van der Waals surface area contributed by atoms with E-state index in [1.54, 1.807) is 0 Å². The first-order valence-corrected chi connectivity index (χ1v) is 7.43. The summed E-state index contributed by atoms with van der Waals surface area (Å²) in [4.78, 5) is 5.01. The molecule has 0 radical (unpaired) electrons. The molecule has 0 aromatic rings. The van der Waals surface area contributed by atoms with Gasteiger partial charge in [-0.15, -0.1) is 0 Å². The first kappa shape index (κ1) is 17.7. The predicted octanol–water partition coefficient (Wildman–Crippen LogP) is 3.78. The Balaban J connectivity index is 4.23. The van der Waals surface area contributed by atoms with E-state index in [0.29, 0.717) is 24.2 Å². The summed E-state index contributed by atoms with van der Waals surface area (Å²) in [7, 11) is 0. The molecular weight excluding hydrogens is 220 g/mol. The molecule has 18 heavy (non-hydrogen) atoms. The number of nitrogens with zero attached hydrogens (tertiary/aromatic N) is 2. The van der Waals surface area contributed by atoms with Crippen LogP contribution in [0, 0.1) is 0 Å². The Morgan fingerprint density at radius 2 is 0.778 bits per heavy atom. The Hall–Kier alpha value is -0.340. The molecule has 0 aliphatic rings. The molecule has 0 heterocycles. The van der Waals surface area contributed by atoms with Gasteiger partial charge in [-0.25, -0.2) is 0 Å². The van der Waals surface area contributed by atoms with Crippen molar-refractivity contribution in [3.63, 3.8) is 0 Å². The van der Waals surface area contributed by atoms with Crippen molar-refractivity contribution in [3.05, 3.63) is 12.2 Å². The Kier molecular flexibility index (Phi) is 8.54. The van der Waals surface area contributed by atoms with Crippen LogP contribution in [0.25, 0.3) is 0 Å². The van der Waals surface area contributed by atoms with Gasteiger partial charge >= 0.3 is 0 Å². The molecule has 0 aliphatic heterocycles. The van der Waals surface area contributed by atoms with Crippen LogP contribution < -0.4 is 0 Å². The molecule has 0 fully saturated rings. The molecule has 0 aromatic carbocycles. The second-order valence-electron chi connectivity index (χ2n) is 6.24. The summed E-state index contributed by atoms with van der Waals surface area (Å²) in [5.74, 6) is 0. The highest BCUT2D eigenvalue weighted by Crippen LogP contribution is 2.06. The largest absolute Gasteiger partial charge is 0.295 e. The van der Waals surface area contributed by atoms with Crippen LogP contribution in [0.5, 0.6) is 0 Å². The van der Waals surface area contributed by atoms with E-state index in [0.717, 1.165) is 13.1 Å². The van der Waals surface area contributed by atoms with E-state index < -0.39 is 0 Å². The molecule has 2 nitrogen and oxygen atoms in total. The van der Waals surface area contributed by atoms with Crippen LogP contribution in [0.1, 0.15) is 55.4 Å². The average molecular weight is 254 g/mol. The van der Waals surface area contributed by atoms with E-state index in [9.17, 15) is 0 Å². The van der Waals surface area contributed by atoms with Crippen LogP contribution in [0.4, 0.5) is 0 Å². The molecule has 0 atom stereocenters. The fraction of sp³-hybridized carbons (Fsp3) is 0.875. The third-order valence-corrected chi connectivity index (χ3v) is 3.45. The third-order valence-electron chi connectivity index (χ3n) is 3.45. The summed E-state index contributed by atoms with van der Waals surface area (Å²) in [6.07, 6.45) is 4.63. The van der Waals surface area contributed by atoms with Crippen LogP contribution in [-0.2, 0) is 0 Å². The lowest BCUT2D eigenvalue weighted by Crippen LogP contribution is -2.38. The Morgan fingerprint density at radius 1 is 0.556 bits per heavy atom. The Morgan fingerprint density at radius 3 is 0.944 bits per heavy atom. The molecule has 0 N–H and O–H groups in total. The van der Waals surface area contributed by atoms with E-state index in [1.165, 1.54) is 0 Å². The summed E-state index contributed by atoms with van der Waals surface area (Å²) >= 11 is 0.